The van der Waals surface area contributed by atoms with Crippen LogP contribution < -0.4 is 9.88 Å². The standard InChI is InChI=1S/C24H20N2O/c1-3-16-12-14-17(15-13-16)25-22-18-8-4-6-10-20(18)26(2)23-19-9-5-7-11-21(19)27-24(22)23/h4-15H,3H2,1-2H3/p+1. The molecule has 27 heavy (non-hydrogen) atoms. The van der Waals surface area contributed by atoms with E-state index < -0.39 is 0 Å². The molecule has 2 heterocycles. The first-order valence-electron chi connectivity index (χ1n) is 9.34. The van der Waals surface area contributed by atoms with E-state index in [1.54, 1.807) is 0 Å². The van der Waals surface area contributed by atoms with Crippen molar-refractivity contribution in [2.24, 2.45) is 7.05 Å². The van der Waals surface area contributed by atoms with E-state index in [1.165, 1.54) is 11.1 Å². The number of nitrogens with one attached hydrogen (secondary N) is 1. The van der Waals surface area contributed by atoms with Crippen LogP contribution in [0.15, 0.2) is 77.2 Å². The van der Waals surface area contributed by atoms with Crippen molar-refractivity contribution in [2.45, 2.75) is 13.3 Å². The Morgan fingerprint density at radius 1 is 0.852 bits per heavy atom. The van der Waals surface area contributed by atoms with Crippen molar-refractivity contribution >= 4 is 44.3 Å². The minimum Gasteiger partial charge on any atom is -0.447 e. The Hall–Kier alpha value is -3.33. The lowest BCUT2D eigenvalue weighted by molar-refractivity contribution is -0.616. The van der Waals surface area contributed by atoms with Gasteiger partial charge in [-0.1, -0.05) is 43.3 Å². The van der Waals surface area contributed by atoms with Gasteiger partial charge in [0.05, 0.1) is 10.8 Å². The average molecular weight is 353 g/mol. The van der Waals surface area contributed by atoms with Gasteiger partial charge in [-0.3, -0.25) is 0 Å². The van der Waals surface area contributed by atoms with E-state index >= 15 is 0 Å². The number of anilines is 2. The van der Waals surface area contributed by atoms with Crippen molar-refractivity contribution < 1.29 is 8.98 Å². The van der Waals surface area contributed by atoms with Crippen molar-refractivity contribution in [3.63, 3.8) is 0 Å². The molecule has 0 radical (unpaired) electrons. The van der Waals surface area contributed by atoms with Crippen LogP contribution in [0.2, 0.25) is 0 Å². The number of para-hydroxylation sites is 2. The van der Waals surface area contributed by atoms with Crippen molar-refractivity contribution in [3.8, 4) is 0 Å². The molecule has 3 nitrogen and oxygen atoms in total. The Morgan fingerprint density at radius 2 is 1.56 bits per heavy atom. The summed E-state index contributed by atoms with van der Waals surface area (Å²) in [5.41, 5.74) is 7.48. The fraction of sp³-hybridized carbons (Fsp3) is 0.125. The molecule has 0 fully saturated rings. The van der Waals surface area contributed by atoms with E-state index in [2.05, 4.69) is 84.5 Å². The minimum atomic E-state index is 0.886. The third kappa shape index (κ3) is 2.47. The quantitative estimate of drug-likeness (QED) is 0.411. The molecule has 5 aromatic rings. The van der Waals surface area contributed by atoms with Gasteiger partial charge in [-0.15, -0.1) is 0 Å². The molecule has 0 saturated heterocycles. The maximum Gasteiger partial charge on any atom is 0.261 e. The molecule has 0 aliphatic rings. The number of hydrogen-bond donors (Lipinski definition) is 1. The van der Waals surface area contributed by atoms with E-state index in [-0.39, 0.29) is 0 Å². The number of aromatic nitrogens is 1. The maximum atomic E-state index is 6.31. The molecule has 3 aromatic carbocycles. The molecule has 0 atom stereocenters. The normalized spacial score (nSPS) is 11.5. The predicted molar refractivity (Wildman–Crippen MR) is 112 cm³/mol. The van der Waals surface area contributed by atoms with Crippen LogP contribution in [0.4, 0.5) is 11.4 Å². The van der Waals surface area contributed by atoms with Gasteiger partial charge in [-0.25, -0.2) is 0 Å². The summed E-state index contributed by atoms with van der Waals surface area (Å²) < 4.78 is 8.53. The summed E-state index contributed by atoms with van der Waals surface area (Å²) in [5.74, 6) is 0. The van der Waals surface area contributed by atoms with Gasteiger partial charge < -0.3 is 9.73 Å². The first-order valence-corrected chi connectivity index (χ1v) is 9.34. The second kappa shape index (κ2) is 6.13. The summed E-state index contributed by atoms with van der Waals surface area (Å²) in [6.45, 7) is 2.17. The number of nitrogens with zero attached hydrogens (tertiary/aromatic N) is 1. The molecule has 5 rings (SSSR count). The van der Waals surface area contributed by atoms with Crippen LogP contribution in [0, 0.1) is 0 Å². The zero-order valence-electron chi connectivity index (χ0n) is 15.5. The Bertz CT molecular complexity index is 1280. The summed E-state index contributed by atoms with van der Waals surface area (Å²) in [4.78, 5) is 0. The van der Waals surface area contributed by atoms with Crippen LogP contribution in [0.1, 0.15) is 12.5 Å². The van der Waals surface area contributed by atoms with Crippen molar-refractivity contribution in [2.75, 3.05) is 5.32 Å². The summed E-state index contributed by atoms with van der Waals surface area (Å²) in [5, 5.41) is 5.90. The zero-order valence-corrected chi connectivity index (χ0v) is 15.5. The van der Waals surface area contributed by atoms with Gasteiger partial charge in [0.2, 0.25) is 11.1 Å². The van der Waals surface area contributed by atoms with E-state index in [9.17, 15) is 0 Å². The Kier molecular flexibility index (Phi) is 3.61. The molecule has 1 N–H and O–H groups in total. The van der Waals surface area contributed by atoms with E-state index in [1.807, 2.05) is 12.1 Å². The fourth-order valence-corrected chi connectivity index (χ4v) is 3.85. The van der Waals surface area contributed by atoms with Gasteiger partial charge in [-0.05, 0) is 42.3 Å². The van der Waals surface area contributed by atoms with Crippen LogP contribution in [-0.4, -0.2) is 0 Å². The Balaban J connectivity index is 1.83. The van der Waals surface area contributed by atoms with Gasteiger partial charge in [0.15, 0.2) is 0 Å². The molecular formula is C24H21N2O+. The summed E-state index contributed by atoms with van der Waals surface area (Å²) in [7, 11) is 2.10. The fourth-order valence-electron chi connectivity index (χ4n) is 3.85. The smallest absolute Gasteiger partial charge is 0.261 e. The van der Waals surface area contributed by atoms with Crippen LogP contribution in [-0.2, 0) is 13.5 Å². The first-order chi connectivity index (χ1) is 13.3. The van der Waals surface area contributed by atoms with E-state index in [4.69, 9.17) is 4.42 Å². The maximum absolute atomic E-state index is 6.31. The molecule has 0 spiro atoms. The second-order valence-corrected chi connectivity index (χ2v) is 6.90. The first kappa shape index (κ1) is 15.9. The molecule has 0 bridgehead atoms. The highest BCUT2D eigenvalue weighted by molar-refractivity contribution is 6.11. The lowest BCUT2D eigenvalue weighted by atomic mass is 10.1. The second-order valence-electron chi connectivity index (χ2n) is 6.90. The van der Waals surface area contributed by atoms with Crippen LogP contribution in [0.5, 0.6) is 0 Å². The van der Waals surface area contributed by atoms with Gasteiger partial charge in [0.25, 0.3) is 5.52 Å². The molecule has 3 heteroatoms. The molecule has 0 amide bonds. The number of rotatable bonds is 3. The Labute approximate surface area is 157 Å². The topological polar surface area (TPSA) is 29.1 Å². The lowest BCUT2D eigenvalue weighted by Crippen LogP contribution is -2.30. The van der Waals surface area contributed by atoms with Crippen LogP contribution in [0.25, 0.3) is 33.0 Å². The van der Waals surface area contributed by atoms with E-state index in [0.717, 1.165) is 45.3 Å². The van der Waals surface area contributed by atoms with E-state index in [0.29, 0.717) is 0 Å². The number of pyridine rings is 1. The highest BCUT2D eigenvalue weighted by Gasteiger charge is 2.24. The monoisotopic (exact) mass is 353 g/mol. The lowest BCUT2D eigenvalue weighted by Gasteiger charge is -2.10. The number of fused-ring (bicyclic) bond motifs is 4. The third-order valence-electron chi connectivity index (χ3n) is 5.30. The molecule has 2 aromatic heterocycles. The highest BCUT2D eigenvalue weighted by atomic mass is 16.3. The minimum absolute atomic E-state index is 0.886. The average Bonchev–Trinajstić information content (AvgIpc) is 3.11. The summed E-state index contributed by atoms with van der Waals surface area (Å²) in [6, 6.07) is 25.3. The molecule has 0 unspecified atom stereocenters. The highest BCUT2D eigenvalue weighted by Crippen LogP contribution is 2.37. The van der Waals surface area contributed by atoms with Crippen LogP contribution >= 0.6 is 0 Å². The summed E-state index contributed by atoms with van der Waals surface area (Å²) >= 11 is 0. The molecule has 0 aliphatic heterocycles. The summed E-state index contributed by atoms with van der Waals surface area (Å²) in [6.07, 6.45) is 1.04. The number of furan rings is 1. The van der Waals surface area contributed by atoms with Crippen LogP contribution in [0.3, 0.4) is 0 Å². The molecule has 0 aliphatic carbocycles. The third-order valence-corrected chi connectivity index (χ3v) is 5.30. The number of aryl methyl sites for hydroxylation is 2. The SMILES string of the molecule is CCc1ccc(Nc2c3ccccc3[n+](C)c3c2oc2ccccc23)cc1. The van der Waals surface area contributed by atoms with Gasteiger partial charge in [0, 0.05) is 11.8 Å². The molecule has 132 valence electrons. The molecular weight excluding hydrogens is 332 g/mol. The van der Waals surface area contributed by atoms with Gasteiger partial charge in [-0.2, -0.15) is 4.57 Å². The molecule has 0 saturated carbocycles. The van der Waals surface area contributed by atoms with Gasteiger partial charge >= 0.3 is 0 Å². The Morgan fingerprint density at radius 3 is 2.33 bits per heavy atom. The largest absolute Gasteiger partial charge is 0.447 e. The zero-order chi connectivity index (χ0) is 18.4. The number of benzene rings is 3. The van der Waals surface area contributed by atoms with Crippen molar-refractivity contribution in [3.05, 3.63) is 78.4 Å². The van der Waals surface area contributed by atoms with Crippen molar-refractivity contribution in [1.82, 2.24) is 0 Å². The van der Waals surface area contributed by atoms with Gasteiger partial charge in [0.1, 0.15) is 18.3 Å². The predicted octanol–water partition coefficient (Wildman–Crippen LogP) is 5.87. The number of hydrogen-bond acceptors (Lipinski definition) is 2. The van der Waals surface area contributed by atoms with Crippen molar-refractivity contribution in [1.29, 1.82) is 0 Å².